The summed E-state index contributed by atoms with van der Waals surface area (Å²) in [7, 11) is -2.52. The van der Waals surface area contributed by atoms with Crippen LogP contribution in [0.5, 0.6) is 5.75 Å². The Balaban J connectivity index is 2.09. The van der Waals surface area contributed by atoms with E-state index in [0.717, 1.165) is 16.1 Å². The lowest BCUT2D eigenvalue weighted by molar-refractivity contribution is -0.140. The summed E-state index contributed by atoms with van der Waals surface area (Å²) in [6.07, 6.45) is 1.19. The zero-order valence-electron chi connectivity index (χ0n) is 23.4. The number of carbonyl (C=O) groups excluding carboxylic acids is 2. The van der Waals surface area contributed by atoms with Gasteiger partial charge in [-0.15, -0.1) is 0 Å². The quantitative estimate of drug-likeness (QED) is 0.374. The number of para-hydroxylation sites is 2. The predicted octanol–water partition coefficient (Wildman–Crippen LogP) is 4.16. The molecule has 0 saturated heterocycles. The number of carbonyl (C=O) groups is 2. The number of hydrogen-bond acceptors (Lipinski definition) is 5. The molecule has 3 aromatic carbocycles. The minimum Gasteiger partial charge on any atom is -0.495 e. The number of nitrogens with one attached hydrogen (secondary N) is 1. The highest BCUT2D eigenvalue weighted by Gasteiger charge is 2.34. The number of amides is 2. The topological polar surface area (TPSA) is 96.0 Å². The molecule has 10 heteroatoms. The average Bonchev–Trinajstić information content (AvgIpc) is 2.89. The summed E-state index contributed by atoms with van der Waals surface area (Å²) in [5.74, 6) is -1.16. The first-order chi connectivity index (χ1) is 18.8. The fourth-order valence-corrected chi connectivity index (χ4v) is 5.08. The van der Waals surface area contributed by atoms with Gasteiger partial charge in [-0.2, -0.15) is 0 Å². The van der Waals surface area contributed by atoms with Gasteiger partial charge in [0.2, 0.25) is 21.8 Å². The first kappa shape index (κ1) is 30.6. The Labute approximate surface area is 235 Å². The molecule has 0 aliphatic heterocycles. The van der Waals surface area contributed by atoms with Crippen LogP contribution >= 0.6 is 0 Å². The van der Waals surface area contributed by atoms with Crippen molar-refractivity contribution in [3.8, 4) is 5.75 Å². The van der Waals surface area contributed by atoms with Gasteiger partial charge in [0.15, 0.2) is 0 Å². The number of methoxy groups -OCH3 is 1. The number of sulfonamides is 1. The van der Waals surface area contributed by atoms with Gasteiger partial charge in [-0.05, 0) is 56.2 Å². The first-order valence-corrected chi connectivity index (χ1v) is 14.6. The lowest BCUT2D eigenvalue weighted by Crippen LogP contribution is -2.56. The molecule has 0 aliphatic rings. The van der Waals surface area contributed by atoms with E-state index in [2.05, 4.69) is 5.32 Å². The maximum absolute atomic E-state index is 14.1. The minimum absolute atomic E-state index is 0.0439. The van der Waals surface area contributed by atoms with Gasteiger partial charge in [-0.1, -0.05) is 54.6 Å². The fraction of sp³-hybridized carbons (Fsp3) is 0.333. The van der Waals surface area contributed by atoms with Crippen LogP contribution in [0.3, 0.4) is 0 Å². The number of benzene rings is 3. The van der Waals surface area contributed by atoms with Crippen LogP contribution in [0.4, 0.5) is 10.1 Å². The largest absolute Gasteiger partial charge is 0.495 e. The van der Waals surface area contributed by atoms with E-state index in [0.29, 0.717) is 5.56 Å². The number of anilines is 1. The van der Waals surface area contributed by atoms with Crippen molar-refractivity contribution in [2.75, 3.05) is 24.2 Å². The highest BCUT2D eigenvalue weighted by atomic mass is 32.2. The zero-order valence-corrected chi connectivity index (χ0v) is 24.2. The number of nitrogens with zero attached hydrogens (tertiary/aromatic N) is 2. The second kappa shape index (κ2) is 13.0. The van der Waals surface area contributed by atoms with E-state index in [-0.39, 0.29) is 24.4 Å². The third-order valence-electron chi connectivity index (χ3n) is 6.07. The van der Waals surface area contributed by atoms with Gasteiger partial charge >= 0.3 is 0 Å². The lowest BCUT2D eigenvalue weighted by Gasteiger charge is -2.35. The van der Waals surface area contributed by atoms with E-state index >= 15 is 0 Å². The second-order valence-electron chi connectivity index (χ2n) is 10.5. The molecule has 0 radical (unpaired) electrons. The van der Waals surface area contributed by atoms with Gasteiger partial charge < -0.3 is 15.0 Å². The molecule has 0 fully saturated rings. The van der Waals surface area contributed by atoms with E-state index in [1.54, 1.807) is 24.3 Å². The Bertz CT molecular complexity index is 1410. The molecule has 1 atom stereocenters. The maximum Gasteiger partial charge on any atom is 0.244 e. The minimum atomic E-state index is -3.94. The van der Waals surface area contributed by atoms with Crippen molar-refractivity contribution in [3.63, 3.8) is 0 Å². The average molecular weight is 570 g/mol. The number of rotatable bonds is 11. The number of ether oxygens (including phenoxy) is 1. The Kier molecular flexibility index (Phi) is 9.92. The van der Waals surface area contributed by atoms with Crippen molar-refractivity contribution in [2.45, 2.75) is 45.3 Å². The van der Waals surface area contributed by atoms with E-state index < -0.39 is 45.8 Å². The van der Waals surface area contributed by atoms with Gasteiger partial charge in [0.05, 0.1) is 19.1 Å². The molecular weight excluding hydrogens is 533 g/mol. The van der Waals surface area contributed by atoms with Crippen LogP contribution in [-0.2, 0) is 32.6 Å². The molecule has 2 amide bonds. The molecule has 0 spiro atoms. The van der Waals surface area contributed by atoms with Crippen LogP contribution in [0.15, 0.2) is 78.9 Å². The Hall–Kier alpha value is -3.92. The monoisotopic (exact) mass is 569 g/mol. The molecule has 214 valence electrons. The summed E-state index contributed by atoms with van der Waals surface area (Å²) in [6.45, 7) is 4.89. The molecule has 3 aromatic rings. The molecule has 0 bridgehead atoms. The van der Waals surface area contributed by atoms with Crippen molar-refractivity contribution < 1.29 is 27.1 Å². The third kappa shape index (κ3) is 8.54. The smallest absolute Gasteiger partial charge is 0.244 e. The van der Waals surface area contributed by atoms with Gasteiger partial charge in [-0.3, -0.25) is 13.9 Å². The number of hydrogen-bond donors (Lipinski definition) is 1. The highest BCUT2D eigenvalue weighted by molar-refractivity contribution is 7.92. The Morgan fingerprint density at radius 1 is 0.925 bits per heavy atom. The zero-order chi connectivity index (χ0) is 29.5. The van der Waals surface area contributed by atoms with E-state index in [1.807, 2.05) is 51.1 Å². The standard InChI is InChI=1S/C30H36FN3O5S/c1-30(2,3)32-29(36)26(19-22-11-7-6-8-12-22)33(20-23-15-17-24(31)18-16-23)28(35)21-34(40(5,37)38)25-13-9-10-14-27(25)39-4/h6-18,26H,19-21H2,1-5H3,(H,32,36)/t26-/m0/s1. The third-order valence-corrected chi connectivity index (χ3v) is 7.19. The molecule has 40 heavy (non-hydrogen) atoms. The Morgan fingerprint density at radius 3 is 2.10 bits per heavy atom. The molecule has 0 aliphatic carbocycles. The SMILES string of the molecule is COc1ccccc1N(CC(=O)N(Cc1ccc(F)cc1)[C@@H](Cc1ccccc1)C(=O)NC(C)(C)C)S(C)(=O)=O. The number of halogens is 1. The summed E-state index contributed by atoms with van der Waals surface area (Å²) >= 11 is 0. The van der Waals surface area contributed by atoms with Crippen LogP contribution in [0, 0.1) is 5.82 Å². The summed E-state index contributed by atoms with van der Waals surface area (Å²) in [4.78, 5) is 29.1. The first-order valence-electron chi connectivity index (χ1n) is 12.8. The van der Waals surface area contributed by atoms with Crippen molar-refractivity contribution in [3.05, 3.63) is 95.8 Å². The molecule has 0 saturated carbocycles. The van der Waals surface area contributed by atoms with Gasteiger partial charge in [0.1, 0.15) is 24.2 Å². The van der Waals surface area contributed by atoms with Crippen molar-refractivity contribution in [1.29, 1.82) is 0 Å². The summed E-state index contributed by atoms with van der Waals surface area (Å²) < 4.78 is 45.8. The predicted molar refractivity (Wildman–Crippen MR) is 154 cm³/mol. The van der Waals surface area contributed by atoms with Gasteiger partial charge in [0.25, 0.3) is 0 Å². The van der Waals surface area contributed by atoms with Crippen LogP contribution in [0.2, 0.25) is 0 Å². The molecular formula is C30H36FN3O5S. The van der Waals surface area contributed by atoms with Crippen molar-refractivity contribution >= 4 is 27.5 Å². The van der Waals surface area contributed by atoms with Crippen LogP contribution in [0.25, 0.3) is 0 Å². The fourth-order valence-electron chi connectivity index (χ4n) is 4.22. The molecule has 0 heterocycles. The van der Waals surface area contributed by atoms with E-state index in [1.165, 1.54) is 36.3 Å². The lowest BCUT2D eigenvalue weighted by atomic mass is 10.0. The molecule has 8 nitrogen and oxygen atoms in total. The summed E-state index contributed by atoms with van der Waals surface area (Å²) in [6, 6.07) is 20.4. The molecule has 3 rings (SSSR count). The molecule has 0 aromatic heterocycles. The van der Waals surface area contributed by atoms with Crippen molar-refractivity contribution in [2.24, 2.45) is 0 Å². The summed E-state index contributed by atoms with van der Waals surface area (Å²) in [5.41, 5.74) is 1.01. The van der Waals surface area contributed by atoms with Crippen LogP contribution in [0.1, 0.15) is 31.9 Å². The van der Waals surface area contributed by atoms with Crippen molar-refractivity contribution in [1.82, 2.24) is 10.2 Å². The summed E-state index contributed by atoms with van der Waals surface area (Å²) in [5, 5.41) is 2.96. The van der Waals surface area contributed by atoms with Crippen LogP contribution < -0.4 is 14.4 Å². The Morgan fingerprint density at radius 2 is 1.52 bits per heavy atom. The normalized spacial score (nSPS) is 12.3. The van der Waals surface area contributed by atoms with Gasteiger partial charge in [-0.25, -0.2) is 12.8 Å². The highest BCUT2D eigenvalue weighted by Crippen LogP contribution is 2.30. The molecule has 0 unspecified atom stereocenters. The molecule has 1 N–H and O–H groups in total. The van der Waals surface area contributed by atoms with E-state index in [9.17, 15) is 22.4 Å². The second-order valence-corrected chi connectivity index (χ2v) is 12.4. The maximum atomic E-state index is 14.1. The van der Waals surface area contributed by atoms with Gasteiger partial charge in [0, 0.05) is 18.5 Å². The van der Waals surface area contributed by atoms with E-state index in [4.69, 9.17) is 4.74 Å². The van der Waals surface area contributed by atoms with Crippen LogP contribution in [-0.4, -0.2) is 56.6 Å².